The molecule has 0 saturated carbocycles. The average Bonchev–Trinajstić information content (AvgIpc) is 2.97. The SMILES string of the molecule is O=C1C[C@H](N2CCN(c3ccc(Cl)cc3)CC2)C(=O)N1c1ccccc1F. The number of halogens is 2. The Hall–Kier alpha value is -2.44. The fraction of sp³-hybridized carbons (Fsp3) is 0.300. The monoisotopic (exact) mass is 387 g/mol. The first-order valence-corrected chi connectivity index (χ1v) is 9.28. The third kappa shape index (κ3) is 3.42. The summed E-state index contributed by atoms with van der Waals surface area (Å²) in [4.78, 5) is 30.5. The highest BCUT2D eigenvalue weighted by Crippen LogP contribution is 2.29. The van der Waals surface area contributed by atoms with E-state index in [4.69, 9.17) is 11.6 Å². The highest BCUT2D eigenvalue weighted by molar-refractivity contribution is 6.30. The summed E-state index contributed by atoms with van der Waals surface area (Å²) in [7, 11) is 0. The maximum Gasteiger partial charge on any atom is 0.251 e. The van der Waals surface area contributed by atoms with Gasteiger partial charge in [-0.25, -0.2) is 9.29 Å². The summed E-state index contributed by atoms with van der Waals surface area (Å²) in [5, 5.41) is 0.695. The summed E-state index contributed by atoms with van der Waals surface area (Å²) in [6, 6.07) is 13.0. The number of piperazine rings is 1. The molecule has 2 saturated heterocycles. The van der Waals surface area contributed by atoms with Crippen molar-refractivity contribution in [3.8, 4) is 0 Å². The van der Waals surface area contributed by atoms with Crippen molar-refractivity contribution in [2.24, 2.45) is 0 Å². The number of anilines is 2. The number of rotatable bonds is 3. The summed E-state index contributed by atoms with van der Waals surface area (Å²) in [5.41, 5.74) is 1.12. The topological polar surface area (TPSA) is 43.9 Å². The van der Waals surface area contributed by atoms with Gasteiger partial charge >= 0.3 is 0 Å². The highest BCUT2D eigenvalue weighted by Gasteiger charge is 2.44. The molecule has 1 atom stereocenters. The second-order valence-electron chi connectivity index (χ2n) is 6.74. The van der Waals surface area contributed by atoms with Crippen molar-refractivity contribution in [1.29, 1.82) is 0 Å². The maximum atomic E-state index is 14.0. The van der Waals surface area contributed by atoms with Crippen molar-refractivity contribution in [1.82, 2.24) is 4.90 Å². The number of hydrogen-bond donors (Lipinski definition) is 0. The quantitative estimate of drug-likeness (QED) is 0.759. The first-order valence-electron chi connectivity index (χ1n) is 8.90. The van der Waals surface area contributed by atoms with Crippen LogP contribution in [0, 0.1) is 5.82 Å². The second kappa shape index (κ2) is 7.29. The smallest absolute Gasteiger partial charge is 0.251 e. The van der Waals surface area contributed by atoms with Gasteiger partial charge < -0.3 is 4.90 Å². The molecular formula is C20H19ClFN3O2. The third-order valence-corrected chi connectivity index (χ3v) is 5.41. The van der Waals surface area contributed by atoms with Gasteiger partial charge in [0.15, 0.2) is 0 Å². The van der Waals surface area contributed by atoms with E-state index in [1.807, 2.05) is 29.2 Å². The van der Waals surface area contributed by atoms with E-state index in [1.165, 1.54) is 18.2 Å². The van der Waals surface area contributed by atoms with Crippen molar-refractivity contribution in [2.45, 2.75) is 12.5 Å². The zero-order valence-electron chi connectivity index (χ0n) is 14.6. The Morgan fingerprint density at radius 3 is 2.26 bits per heavy atom. The van der Waals surface area contributed by atoms with Gasteiger partial charge in [0, 0.05) is 36.9 Å². The van der Waals surface area contributed by atoms with Crippen LogP contribution >= 0.6 is 11.6 Å². The minimum atomic E-state index is -0.563. The molecule has 2 aromatic rings. The van der Waals surface area contributed by atoms with Gasteiger partial charge in [-0.3, -0.25) is 14.5 Å². The van der Waals surface area contributed by atoms with Crippen LogP contribution in [0.15, 0.2) is 48.5 Å². The molecule has 2 amide bonds. The van der Waals surface area contributed by atoms with Crippen molar-refractivity contribution in [3.63, 3.8) is 0 Å². The zero-order chi connectivity index (χ0) is 19.0. The molecule has 2 aliphatic rings. The van der Waals surface area contributed by atoms with Crippen molar-refractivity contribution in [2.75, 3.05) is 36.0 Å². The minimum Gasteiger partial charge on any atom is -0.369 e. The molecule has 0 unspecified atom stereocenters. The summed E-state index contributed by atoms with van der Waals surface area (Å²) >= 11 is 5.94. The number of carbonyl (C=O) groups excluding carboxylic acids is 2. The van der Waals surface area contributed by atoms with Crippen LogP contribution in [0.5, 0.6) is 0 Å². The lowest BCUT2D eigenvalue weighted by Crippen LogP contribution is -2.52. The molecule has 4 rings (SSSR count). The standard InChI is InChI=1S/C20H19ClFN3O2/c21-14-5-7-15(8-6-14)23-9-11-24(12-10-23)18-13-19(26)25(20(18)27)17-4-2-1-3-16(17)22/h1-8,18H,9-13H2/t18-/m0/s1. The Kier molecular flexibility index (Phi) is 4.85. The Morgan fingerprint density at radius 2 is 1.59 bits per heavy atom. The molecule has 0 spiro atoms. The van der Waals surface area contributed by atoms with Gasteiger partial charge in [0.1, 0.15) is 5.82 Å². The summed E-state index contributed by atoms with van der Waals surface area (Å²) in [6.45, 7) is 2.83. The van der Waals surface area contributed by atoms with Gasteiger partial charge in [-0.05, 0) is 36.4 Å². The molecule has 2 heterocycles. The largest absolute Gasteiger partial charge is 0.369 e. The van der Waals surface area contributed by atoms with Gasteiger partial charge in [0.2, 0.25) is 5.91 Å². The molecule has 0 bridgehead atoms. The number of imide groups is 1. The molecular weight excluding hydrogens is 369 g/mol. The number of nitrogens with zero attached hydrogens (tertiary/aromatic N) is 3. The minimum absolute atomic E-state index is 0.0369. The first kappa shape index (κ1) is 17.9. The summed E-state index contributed by atoms with van der Waals surface area (Å²) < 4.78 is 14.0. The number of para-hydroxylation sites is 1. The molecule has 27 heavy (non-hydrogen) atoms. The number of amides is 2. The van der Waals surface area contributed by atoms with Crippen molar-refractivity contribution in [3.05, 3.63) is 59.4 Å². The fourth-order valence-corrected chi connectivity index (χ4v) is 3.86. The fourth-order valence-electron chi connectivity index (χ4n) is 3.73. The molecule has 2 fully saturated rings. The summed E-state index contributed by atoms with van der Waals surface area (Å²) in [5.74, 6) is -1.26. The van der Waals surface area contributed by atoms with Crippen LogP contribution in [0.1, 0.15) is 6.42 Å². The Balaban J connectivity index is 1.45. The third-order valence-electron chi connectivity index (χ3n) is 5.16. The molecule has 7 heteroatoms. The predicted octanol–water partition coefficient (Wildman–Crippen LogP) is 2.93. The van der Waals surface area contributed by atoms with E-state index in [0.29, 0.717) is 18.1 Å². The first-order chi connectivity index (χ1) is 13.0. The number of benzene rings is 2. The van der Waals surface area contributed by atoms with E-state index in [1.54, 1.807) is 6.07 Å². The van der Waals surface area contributed by atoms with Gasteiger partial charge in [-0.1, -0.05) is 23.7 Å². The number of carbonyl (C=O) groups is 2. The van der Waals surface area contributed by atoms with Crippen LogP contribution in [-0.2, 0) is 9.59 Å². The highest BCUT2D eigenvalue weighted by atomic mass is 35.5. The molecule has 140 valence electrons. The molecule has 0 aliphatic carbocycles. The van der Waals surface area contributed by atoms with Crippen LogP contribution < -0.4 is 9.80 Å². The molecule has 0 aromatic heterocycles. The zero-order valence-corrected chi connectivity index (χ0v) is 15.4. The molecule has 2 aromatic carbocycles. The van der Waals surface area contributed by atoms with E-state index in [2.05, 4.69) is 4.90 Å². The van der Waals surface area contributed by atoms with Crippen LogP contribution in [-0.4, -0.2) is 48.9 Å². The molecule has 2 aliphatic heterocycles. The Labute approximate surface area is 161 Å². The molecule has 5 nitrogen and oxygen atoms in total. The van der Waals surface area contributed by atoms with E-state index in [9.17, 15) is 14.0 Å². The van der Waals surface area contributed by atoms with E-state index in [0.717, 1.165) is 23.7 Å². The lowest BCUT2D eigenvalue weighted by Gasteiger charge is -2.38. The van der Waals surface area contributed by atoms with E-state index in [-0.39, 0.29) is 23.9 Å². The van der Waals surface area contributed by atoms with Gasteiger partial charge in [0.25, 0.3) is 5.91 Å². The maximum absolute atomic E-state index is 14.0. The van der Waals surface area contributed by atoms with Gasteiger partial charge in [-0.2, -0.15) is 0 Å². The predicted molar refractivity (Wildman–Crippen MR) is 103 cm³/mol. The molecule has 0 N–H and O–H groups in total. The van der Waals surface area contributed by atoms with E-state index < -0.39 is 11.9 Å². The Morgan fingerprint density at radius 1 is 0.926 bits per heavy atom. The van der Waals surface area contributed by atoms with Gasteiger partial charge in [0.05, 0.1) is 18.2 Å². The van der Waals surface area contributed by atoms with Crippen LogP contribution in [0.3, 0.4) is 0 Å². The van der Waals surface area contributed by atoms with E-state index >= 15 is 0 Å². The van der Waals surface area contributed by atoms with Crippen molar-refractivity contribution < 1.29 is 14.0 Å². The average molecular weight is 388 g/mol. The lowest BCUT2D eigenvalue weighted by molar-refractivity contribution is -0.123. The second-order valence-corrected chi connectivity index (χ2v) is 7.17. The molecule has 0 radical (unpaired) electrons. The van der Waals surface area contributed by atoms with Crippen molar-refractivity contribution >= 4 is 34.8 Å². The Bertz CT molecular complexity index is 866. The lowest BCUT2D eigenvalue weighted by atomic mass is 10.1. The van der Waals surface area contributed by atoms with Crippen LogP contribution in [0.25, 0.3) is 0 Å². The normalized spacial score (nSPS) is 21.2. The van der Waals surface area contributed by atoms with Crippen LogP contribution in [0.4, 0.5) is 15.8 Å². The summed E-state index contributed by atoms with van der Waals surface area (Å²) in [6.07, 6.45) is 0.0914. The number of hydrogen-bond acceptors (Lipinski definition) is 4. The van der Waals surface area contributed by atoms with Gasteiger partial charge in [-0.15, -0.1) is 0 Å². The van der Waals surface area contributed by atoms with Crippen LogP contribution in [0.2, 0.25) is 5.02 Å².